The van der Waals surface area contributed by atoms with Crippen molar-refractivity contribution >= 4 is 29.0 Å². The number of amides is 2. The summed E-state index contributed by atoms with van der Waals surface area (Å²) in [7, 11) is 1.59. The molecular weight excluding hydrogens is 408 g/mol. The molecule has 1 N–H and O–H groups in total. The van der Waals surface area contributed by atoms with Crippen molar-refractivity contribution in [3.05, 3.63) is 66.1 Å². The van der Waals surface area contributed by atoms with Crippen molar-refractivity contribution in [2.75, 3.05) is 46.4 Å². The van der Waals surface area contributed by atoms with Crippen LogP contribution in [0.4, 0.5) is 0 Å². The molecule has 1 aromatic heterocycles. The maximum Gasteiger partial charge on any atom is 0.251 e. The van der Waals surface area contributed by atoms with E-state index in [9.17, 15) is 9.59 Å². The number of fused-ring (bicyclic) bond motifs is 1. The summed E-state index contributed by atoms with van der Waals surface area (Å²) in [5.41, 5.74) is 2.08. The van der Waals surface area contributed by atoms with E-state index in [2.05, 4.69) is 15.2 Å². The van der Waals surface area contributed by atoms with Crippen molar-refractivity contribution in [3.8, 4) is 5.75 Å². The van der Waals surface area contributed by atoms with Crippen molar-refractivity contribution in [2.24, 2.45) is 0 Å². The third kappa shape index (κ3) is 5.33. The monoisotopic (exact) mass is 434 g/mol. The number of aromatic nitrogens is 1. The van der Waals surface area contributed by atoms with Crippen molar-refractivity contribution in [3.63, 3.8) is 0 Å². The quantitative estimate of drug-likeness (QED) is 0.575. The van der Waals surface area contributed by atoms with Gasteiger partial charge in [-0.15, -0.1) is 0 Å². The third-order valence-electron chi connectivity index (χ3n) is 5.43. The number of rotatable bonds is 7. The molecule has 166 valence electrons. The first kappa shape index (κ1) is 21.6. The summed E-state index contributed by atoms with van der Waals surface area (Å²) >= 11 is 0. The molecule has 0 spiro atoms. The molecule has 0 bridgehead atoms. The summed E-state index contributed by atoms with van der Waals surface area (Å²) in [5, 5.41) is 2.94. The highest BCUT2D eigenvalue weighted by molar-refractivity contribution is 5.94. The number of carbonyl (C=O) groups is 2. The number of methoxy groups -OCH3 is 1. The van der Waals surface area contributed by atoms with E-state index in [1.54, 1.807) is 37.5 Å². The molecule has 1 aliphatic rings. The van der Waals surface area contributed by atoms with E-state index in [0.717, 1.165) is 30.9 Å². The summed E-state index contributed by atoms with van der Waals surface area (Å²) in [6.45, 7) is 4.10. The first-order chi connectivity index (χ1) is 15.6. The first-order valence-corrected chi connectivity index (χ1v) is 10.6. The molecule has 2 amide bonds. The largest absolute Gasteiger partial charge is 0.497 e. The van der Waals surface area contributed by atoms with E-state index in [-0.39, 0.29) is 11.8 Å². The van der Waals surface area contributed by atoms with Crippen LogP contribution in [-0.4, -0.2) is 73.0 Å². The number of nitrogens with one attached hydrogen (secondary N) is 1. The molecule has 0 radical (unpaired) electrons. The molecule has 4 rings (SSSR count). The van der Waals surface area contributed by atoms with Gasteiger partial charge in [-0.05, 0) is 36.4 Å². The van der Waals surface area contributed by atoms with Gasteiger partial charge < -0.3 is 19.4 Å². The van der Waals surface area contributed by atoms with Gasteiger partial charge in [-0.25, -0.2) is 4.98 Å². The third-order valence-corrected chi connectivity index (χ3v) is 5.43. The molecule has 2 aromatic carbocycles. The Morgan fingerprint density at radius 1 is 1.09 bits per heavy atom. The van der Waals surface area contributed by atoms with Crippen molar-refractivity contribution in [1.29, 1.82) is 0 Å². The van der Waals surface area contributed by atoms with E-state index in [1.807, 2.05) is 29.2 Å². The van der Waals surface area contributed by atoms with Gasteiger partial charge in [-0.1, -0.05) is 12.1 Å². The minimum atomic E-state index is -0.106. The predicted molar refractivity (Wildman–Crippen MR) is 121 cm³/mol. The Morgan fingerprint density at radius 2 is 1.84 bits per heavy atom. The Hall–Kier alpha value is -3.65. The number of piperazine rings is 1. The van der Waals surface area contributed by atoms with Gasteiger partial charge in [-0.3, -0.25) is 14.5 Å². The summed E-state index contributed by atoms with van der Waals surface area (Å²) in [6.07, 6.45) is 3.12. The van der Waals surface area contributed by atoms with E-state index in [4.69, 9.17) is 9.15 Å². The maximum atomic E-state index is 12.5. The number of ether oxygens (including phenoxy) is 1. The van der Waals surface area contributed by atoms with Gasteiger partial charge in [0.1, 0.15) is 11.3 Å². The highest BCUT2D eigenvalue weighted by Crippen LogP contribution is 2.16. The van der Waals surface area contributed by atoms with Crippen LogP contribution in [0.5, 0.6) is 5.75 Å². The molecule has 2 heterocycles. The number of para-hydroxylation sites is 2. The number of oxazole rings is 1. The summed E-state index contributed by atoms with van der Waals surface area (Å²) in [4.78, 5) is 33.1. The van der Waals surface area contributed by atoms with E-state index in [0.29, 0.717) is 36.7 Å². The smallest absolute Gasteiger partial charge is 0.251 e. The normalized spacial score (nSPS) is 14.7. The fourth-order valence-corrected chi connectivity index (χ4v) is 3.57. The van der Waals surface area contributed by atoms with Gasteiger partial charge in [-0.2, -0.15) is 0 Å². The Bertz CT molecular complexity index is 1070. The number of hydrogen-bond donors (Lipinski definition) is 1. The molecule has 8 heteroatoms. The molecule has 3 aromatic rings. The van der Waals surface area contributed by atoms with Crippen LogP contribution >= 0.6 is 0 Å². The summed E-state index contributed by atoms with van der Waals surface area (Å²) in [6, 6.07) is 14.5. The van der Waals surface area contributed by atoms with Crippen LogP contribution in [-0.2, 0) is 4.79 Å². The lowest BCUT2D eigenvalue weighted by atomic mass is 10.2. The minimum Gasteiger partial charge on any atom is -0.497 e. The molecule has 0 aliphatic carbocycles. The SMILES string of the molecule is COc1ccc(C(=O)NCCN2CCN(C(=O)/C=C/c3nc4ccccc4o3)CC2)cc1. The number of hydrogen-bond acceptors (Lipinski definition) is 6. The van der Waals surface area contributed by atoms with Gasteiger partial charge in [0.05, 0.1) is 7.11 Å². The second-order valence-electron chi connectivity index (χ2n) is 7.50. The van der Waals surface area contributed by atoms with Gasteiger partial charge >= 0.3 is 0 Å². The van der Waals surface area contributed by atoms with Crippen LogP contribution in [0.1, 0.15) is 16.2 Å². The molecule has 0 atom stereocenters. The molecule has 0 unspecified atom stereocenters. The zero-order valence-electron chi connectivity index (χ0n) is 18.0. The second-order valence-corrected chi connectivity index (χ2v) is 7.50. The zero-order valence-corrected chi connectivity index (χ0v) is 18.0. The van der Waals surface area contributed by atoms with Gasteiger partial charge in [0.25, 0.3) is 5.91 Å². The number of nitrogens with zero attached hydrogens (tertiary/aromatic N) is 3. The van der Waals surface area contributed by atoms with Crippen molar-refractivity contribution in [2.45, 2.75) is 0 Å². The van der Waals surface area contributed by atoms with Crippen LogP contribution in [0, 0.1) is 0 Å². The van der Waals surface area contributed by atoms with Crippen molar-refractivity contribution in [1.82, 2.24) is 20.1 Å². The lowest BCUT2D eigenvalue weighted by Gasteiger charge is -2.34. The highest BCUT2D eigenvalue weighted by atomic mass is 16.5. The van der Waals surface area contributed by atoms with Crippen LogP contribution < -0.4 is 10.1 Å². The van der Waals surface area contributed by atoms with Crippen LogP contribution in [0.25, 0.3) is 17.2 Å². The summed E-state index contributed by atoms with van der Waals surface area (Å²) < 4.78 is 10.7. The molecule has 1 saturated heterocycles. The fraction of sp³-hybridized carbons (Fsp3) is 0.292. The molecule has 1 fully saturated rings. The standard InChI is InChI=1S/C24H26N4O4/c1-31-19-8-6-18(7-9-19)24(30)25-12-13-27-14-16-28(17-15-27)23(29)11-10-22-26-20-4-2-3-5-21(20)32-22/h2-11H,12-17H2,1H3,(H,25,30)/b11-10+. The van der Waals surface area contributed by atoms with E-state index < -0.39 is 0 Å². The lowest BCUT2D eigenvalue weighted by molar-refractivity contribution is -0.127. The second kappa shape index (κ2) is 10.1. The maximum absolute atomic E-state index is 12.5. The van der Waals surface area contributed by atoms with Gasteiger partial charge in [0.15, 0.2) is 5.58 Å². The molecule has 32 heavy (non-hydrogen) atoms. The molecule has 8 nitrogen and oxygen atoms in total. The summed E-state index contributed by atoms with van der Waals surface area (Å²) in [5.74, 6) is 0.981. The number of benzene rings is 2. The van der Waals surface area contributed by atoms with Crippen LogP contribution in [0.2, 0.25) is 0 Å². The zero-order chi connectivity index (χ0) is 22.3. The van der Waals surface area contributed by atoms with E-state index >= 15 is 0 Å². The Morgan fingerprint density at radius 3 is 2.56 bits per heavy atom. The minimum absolute atomic E-state index is 0.0558. The molecule has 1 aliphatic heterocycles. The average Bonchev–Trinajstić information content (AvgIpc) is 3.26. The Balaban J connectivity index is 1.19. The van der Waals surface area contributed by atoms with Crippen LogP contribution in [0.3, 0.4) is 0 Å². The van der Waals surface area contributed by atoms with Crippen molar-refractivity contribution < 1.29 is 18.7 Å². The number of carbonyl (C=O) groups excluding carboxylic acids is 2. The Labute approximate surface area is 186 Å². The highest BCUT2D eigenvalue weighted by Gasteiger charge is 2.19. The fourth-order valence-electron chi connectivity index (χ4n) is 3.57. The van der Waals surface area contributed by atoms with Gasteiger partial charge in [0, 0.05) is 57.0 Å². The topological polar surface area (TPSA) is 87.9 Å². The predicted octanol–water partition coefficient (Wildman–Crippen LogP) is 2.42. The average molecular weight is 434 g/mol. The molecular formula is C24H26N4O4. The molecule has 0 saturated carbocycles. The Kier molecular flexibility index (Phi) is 6.81. The van der Waals surface area contributed by atoms with E-state index in [1.165, 1.54) is 6.08 Å². The van der Waals surface area contributed by atoms with Gasteiger partial charge in [0.2, 0.25) is 11.8 Å². The lowest BCUT2D eigenvalue weighted by Crippen LogP contribution is -2.49. The van der Waals surface area contributed by atoms with Crippen LogP contribution in [0.15, 0.2) is 59.0 Å². The first-order valence-electron chi connectivity index (χ1n) is 10.6.